The average molecular weight is 274 g/mol. The van der Waals surface area contributed by atoms with Gasteiger partial charge in [-0.25, -0.2) is 4.39 Å². The molecule has 1 amide bonds. The molecule has 0 aliphatic rings. The average Bonchev–Trinajstić information content (AvgIpc) is 2.82. The molecule has 0 saturated carbocycles. The Morgan fingerprint density at radius 3 is 2.95 bits per heavy atom. The van der Waals surface area contributed by atoms with Crippen LogP contribution in [0.2, 0.25) is 0 Å². The summed E-state index contributed by atoms with van der Waals surface area (Å²) in [6, 6.07) is 6.08. The molecule has 2 rings (SSSR count). The standard InChI is InChI=1S/C16H19FN2O/c1-3-4-11(2)7-8-18-16(20)15-10-12-9-13(17)5-6-14(12)19-15/h5-7,9-10,19H,3-4,8H2,1-2H3,(H,18,20)/b11-7+. The van der Waals surface area contributed by atoms with Crippen LogP contribution in [0.4, 0.5) is 4.39 Å². The van der Waals surface area contributed by atoms with Gasteiger partial charge in [0.05, 0.1) is 0 Å². The number of nitrogens with one attached hydrogen (secondary N) is 2. The van der Waals surface area contributed by atoms with Crippen molar-refractivity contribution < 1.29 is 9.18 Å². The van der Waals surface area contributed by atoms with E-state index in [9.17, 15) is 9.18 Å². The number of aromatic nitrogens is 1. The van der Waals surface area contributed by atoms with Crippen LogP contribution in [-0.2, 0) is 0 Å². The molecule has 4 heteroatoms. The van der Waals surface area contributed by atoms with Crippen molar-refractivity contribution in [3.05, 3.63) is 47.4 Å². The van der Waals surface area contributed by atoms with Crippen LogP contribution in [0.5, 0.6) is 0 Å². The molecule has 0 unspecified atom stereocenters. The van der Waals surface area contributed by atoms with E-state index in [0.717, 1.165) is 18.4 Å². The van der Waals surface area contributed by atoms with Crippen molar-refractivity contribution in [1.82, 2.24) is 10.3 Å². The van der Waals surface area contributed by atoms with Crippen LogP contribution in [0.15, 0.2) is 35.9 Å². The van der Waals surface area contributed by atoms with Crippen molar-refractivity contribution in [3.63, 3.8) is 0 Å². The number of amides is 1. The third-order valence-electron chi connectivity index (χ3n) is 3.18. The second kappa shape index (κ2) is 6.37. The summed E-state index contributed by atoms with van der Waals surface area (Å²) in [5, 5.41) is 3.53. The van der Waals surface area contributed by atoms with Crippen molar-refractivity contribution in [2.24, 2.45) is 0 Å². The van der Waals surface area contributed by atoms with Gasteiger partial charge >= 0.3 is 0 Å². The Morgan fingerprint density at radius 2 is 2.20 bits per heavy atom. The minimum Gasteiger partial charge on any atom is -0.351 e. The lowest BCUT2D eigenvalue weighted by Gasteiger charge is -2.01. The van der Waals surface area contributed by atoms with Crippen LogP contribution >= 0.6 is 0 Å². The summed E-state index contributed by atoms with van der Waals surface area (Å²) >= 11 is 0. The predicted octanol–water partition coefficient (Wildman–Crippen LogP) is 3.78. The van der Waals surface area contributed by atoms with Crippen LogP contribution in [0.1, 0.15) is 37.2 Å². The lowest BCUT2D eigenvalue weighted by molar-refractivity contribution is 0.0954. The van der Waals surface area contributed by atoms with Gasteiger partial charge in [-0.3, -0.25) is 4.79 Å². The fourth-order valence-electron chi connectivity index (χ4n) is 2.14. The van der Waals surface area contributed by atoms with Crippen LogP contribution in [0.3, 0.4) is 0 Å². The number of aromatic amines is 1. The van der Waals surface area contributed by atoms with Crippen molar-refractivity contribution in [3.8, 4) is 0 Å². The second-order valence-corrected chi connectivity index (χ2v) is 4.93. The Kier molecular flexibility index (Phi) is 4.56. The van der Waals surface area contributed by atoms with Gasteiger partial charge in [-0.05, 0) is 37.6 Å². The van der Waals surface area contributed by atoms with Gasteiger partial charge in [-0.2, -0.15) is 0 Å². The minimum atomic E-state index is -0.304. The maximum absolute atomic E-state index is 13.1. The number of carbonyl (C=O) groups excluding carboxylic acids is 1. The zero-order valence-electron chi connectivity index (χ0n) is 11.8. The van der Waals surface area contributed by atoms with Gasteiger partial charge in [0.2, 0.25) is 0 Å². The Hall–Kier alpha value is -2.10. The molecule has 0 spiro atoms. The molecule has 0 radical (unpaired) electrons. The number of hydrogen-bond acceptors (Lipinski definition) is 1. The summed E-state index contributed by atoms with van der Waals surface area (Å²) < 4.78 is 13.1. The maximum atomic E-state index is 13.1. The molecule has 0 fully saturated rings. The number of allylic oxidation sites excluding steroid dienone is 1. The SMILES string of the molecule is CCC/C(C)=C/CNC(=O)c1cc2cc(F)ccc2[nH]1. The number of carbonyl (C=O) groups is 1. The minimum absolute atomic E-state index is 0.179. The molecule has 106 valence electrons. The first-order valence-corrected chi connectivity index (χ1v) is 6.82. The Bertz CT molecular complexity index is 643. The molecule has 1 aromatic carbocycles. The van der Waals surface area contributed by atoms with Gasteiger partial charge in [0.1, 0.15) is 11.5 Å². The van der Waals surface area contributed by atoms with E-state index in [-0.39, 0.29) is 11.7 Å². The highest BCUT2D eigenvalue weighted by atomic mass is 19.1. The Labute approximate surface area is 117 Å². The molecule has 0 atom stereocenters. The summed E-state index contributed by atoms with van der Waals surface area (Å²) in [6.07, 6.45) is 4.16. The molecule has 1 heterocycles. The van der Waals surface area contributed by atoms with Crippen molar-refractivity contribution >= 4 is 16.8 Å². The number of hydrogen-bond donors (Lipinski definition) is 2. The van der Waals surface area contributed by atoms with Crippen LogP contribution in [0.25, 0.3) is 10.9 Å². The van der Waals surface area contributed by atoms with Crippen LogP contribution in [0, 0.1) is 5.82 Å². The molecule has 2 aromatic rings. The number of rotatable bonds is 5. The van der Waals surface area contributed by atoms with E-state index in [0.29, 0.717) is 17.6 Å². The summed E-state index contributed by atoms with van der Waals surface area (Å²) in [5.41, 5.74) is 2.48. The number of benzene rings is 1. The molecule has 0 saturated heterocycles. The first kappa shape index (κ1) is 14.3. The number of H-pyrrole nitrogens is 1. The predicted molar refractivity (Wildman–Crippen MR) is 79.3 cm³/mol. The van der Waals surface area contributed by atoms with Gasteiger partial charge in [0.25, 0.3) is 5.91 Å². The first-order chi connectivity index (χ1) is 9.60. The topological polar surface area (TPSA) is 44.9 Å². The quantitative estimate of drug-likeness (QED) is 0.801. The van der Waals surface area contributed by atoms with E-state index in [1.807, 2.05) is 6.08 Å². The van der Waals surface area contributed by atoms with Crippen LogP contribution in [-0.4, -0.2) is 17.4 Å². The first-order valence-electron chi connectivity index (χ1n) is 6.82. The van der Waals surface area contributed by atoms with Gasteiger partial charge in [-0.1, -0.05) is 25.0 Å². The molecular weight excluding hydrogens is 255 g/mol. The fourth-order valence-corrected chi connectivity index (χ4v) is 2.14. The lowest BCUT2D eigenvalue weighted by Crippen LogP contribution is -2.23. The van der Waals surface area contributed by atoms with E-state index in [1.54, 1.807) is 12.1 Å². The summed E-state index contributed by atoms with van der Waals surface area (Å²) in [4.78, 5) is 15.0. The second-order valence-electron chi connectivity index (χ2n) is 4.93. The highest BCUT2D eigenvalue weighted by Gasteiger charge is 2.08. The zero-order chi connectivity index (χ0) is 14.5. The Balaban J connectivity index is 2.02. The van der Waals surface area contributed by atoms with Gasteiger partial charge in [0, 0.05) is 17.4 Å². The molecule has 20 heavy (non-hydrogen) atoms. The Morgan fingerprint density at radius 1 is 1.40 bits per heavy atom. The van der Waals surface area contributed by atoms with Gasteiger partial charge in [-0.15, -0.1) is 0 Å². The molecule has 2 N–H and O–H groups in total. The molecule has 3 nitrogen and oxygen atoms in total. The van der Waals surface area contributed by atoms with Gasteiger partial charge < -0.3 is 10.3 Å². The molecule has 0 aliphatic heterocycles. The fraction of sp³-hybridized carbons (Fsp3) is 0.312. The van der Waals surface area contributed by atoms with Crippen molar-refractivity contribution in [1.29, 1.82) is 0 Å². The third kappa shape index (κ3) is 3.47. The monoisotopic (exact) mass is 274 g/mol. The molecular formula is C16H19FN2O. The highest BCUT2D eigenvalue weighted by molar-refractivity contribution is 5.98. The van der Waals surface area contributed by atoms with E-state index >= 15 is 0 Å². The van der Waals surface area contributed by atoms with Crippen molar-refractivity contribution in [2.75, 3.05) is 6.54 Å². The third-order valence-corrected chi connectivity index (χ3v) is 3.18. The number of halogens is 1. The largest absolute Gasteiger partial charge is 0.351 e. The number of fused-ring (bicyclic) bond motifs is 1. The molecule has 0 aliphatic carbocycles. The molecule has 0 bridgehead atoms. The highest BCUT2D eigenvalue weighted by Crippen LogP contribution is 2.16. The van der Waals surface area contributed by atoms with E-state index in [4.69, 9.17) is 0 Å². The summed E-state index contributed by atoms with van der Waals surface area (Å²) in [6.45, 7) is 4.69. The van der Waals surface area contributed by atoms with E-state index in [2.05, 4.69) is 24.1 Å². The van der Waals surface area contributed by atoms with Crippen molar-refractivity contribution in [2.45, 2.75) is 26.7 Å². The van der Waals surface area contributed by atoms with Crippen LogP contribution < -0.4 is 5.32 Å². The maximum Gasteiger partial charge on any atom is 0.267 e. The van der Waals surface area contributed by atoms with E-state index in [1.165, 1.54) is 17.7 Å². The smallest absolute Gasteiger partial charge is 0.267 e. The lowest BCUT2D eigenvalue weighted by atomic mass is 10.2. The van der Waals surface area contributed by atoms with Gasteiger partial charge in [0.15, 0.2) is 0 Å². The molecule has 1 aromatic heterocycles. The van der Waals surface area contributed by atoms with E-state index < -0.39 is 0 Å². The zero-order valence-corrected chi connectivity index (χ0v) is 11.8. The summed E-state index contributed by atoms with van der Waals surface area (Å²) in [5.74, 6) is -0.483. The normalized spacial score (nSPS) is 11.8. The summed E-state index contributed by atoms with van der Waals surface area (Å²) in [7, 11) is 0.